The molecule has 0 aliphatic carbocycles. The van der Waals surface area contributed by atoms with E-state index in [1.54, 1.807) is 36.3 Å². The molecule has 2 amide bonds. The molecule has 1 unspecified atom stereocenters. The molecule has 2 rings (SSSR count). The minimum Gasteiger partial charge on any atom is -0.497 e. The second-order valence-corrected chi connectivity index (χ2v) is 4.20. The van der Waals surface area contributed by atoms with E-state index in [1.807, 2.05) is 0 Å². The topological polar surface area (TPSA) is 77.4 Å². The average molecular weight is 260 g/mol. The highest BCUT2D eigenvalue weighted by atomic mass is 16.5. The van der Waals surface area contributed by atoms with Crippen LogP contribution in [0.25, 0.3) is 0 Å². The third-order valence-corrected chi connectivity index (χ3v) is 2.99. The van der Waals surface area contributed by atoms with E-state index in [4.69, 9.17) is 10.00 Å². The van der Waals surface area contributed by atoms with Crippen molar-refractivity contribution in [2.24, 2.45) is 0 Å². The maximum absolute atomic E-state index is 12.1. The Kier molecular flexibility index (Phi) is 4.21. The van der Waals surface area contributed by atoms with Crippen LogP contribution in [0, 0.1) is 11.3 Å². The predicted octanol–water partition coefficient (Wildman–Crippen LogP) is 1.02. The van der Waals surface area contributed by atoms with E-state index in [9.17, 15) is 4.79 Å². The molecular weight excluding hydrogens is 244 g/mol. The lowest BCUT2D eigenvalue weighted by Crippen LogP contribution is -2.54. The maximum Gasteiger partial charge on any atom is 0.323 e. The number of hydrogen-bond acceptors (Lipinski definition) is 4. The van der Waals surface area contributed by atoms with Gasteiger partial charge in [0, 0.05) is 25.3 Å². The Morgan fingerprint density at radius 2 is 2.26 bits per heavy atom. The molecule has 6 nitrogen and oxygen atoms in total. The van der Waals surface area contributed by atoms with Gasteiger partial charge < -0.3 is 20.3 Å². The molecule has 2 N–H and O–H groups in total. The first-order valence-corrected chi connectivity index (χ1v) is 6.06. The van der Waals surface area contributed by atoms with Crippen molar-refractivity contribution < 1.29 is 9.53 Å². The van der Waals surface area contributed by atoms with Gasteiger partial charge in [0.15, 0.2) is 0 Å². The van der Waals surface area contributed by atoms with Crippen LogP contribution in [0.3, 0.4) is 0 Å². The number of carbonyl (C=O) groups excluding carboxylic acids is 1. The van der Waals surface area contributed by atoms with Crippen molar-refractivity contribution >= 4 is 11.7 Å². The third-order valence-electron chi connectivity index (χ3n) is 2.99. The summed E-state index contributed by atoms with van der Waals surface area (Å²) in [5, 5.41) is 14.9. The van der Waals surface area contributed by atoms with Gasteiger partial charge in [0.1, 0.15) is 11.8 Å². The molecule has 1 aliphatic rings. The van der Waals surface area contributed by atoms with Crippen molar-refractivity contribution in [2.75, 3.05) is 32.1 Å². The van der Waals surface area contributed by atoms with Crippen molar-refractivity contribution in [3.05, 3.63) is 24.3 Å². The lowest BCUT2D eigenvalue weighted by molar-refractivity contribution is 0.188. The number of methoxy groups -OCH3 is 1. The van der Waals surface area contributed by atoms with Crippen LogP contribution in [0.5, 0.6) is 5.75 Å². The van der Waals surface area contributed by atoms with Gasteiger partial charge in [-0.3, -0.25) is 0 Å². The zero-order chi connectivity index (χ0) is 13.7. The Morgan fingerprint density at radius 3 is 2.89 bits per heavy atom. The molecule has 0 radical (unpaired) electrons. The van der Waals surface area contributed by atoms with Gasteiger partial charge in [-0.1, -0.05) is 0 Å². The van der Waals surface area contributed by atoms with Gasteiger partial charge >= 0.3 is 6.03 Å². The summed E-state index contributed by atoms with van der Waals surface area (Å²) >= 11 is 0. The minimum absolute atomic E-state index is 0.252. The van der Waals surface area contributed by atoms with Crippen LogP contribution in [0.4, 0.5) is 10.5 Å². The summed E-state index contributed by atoms with van der Waals surface area (Å²) in [5.41, 5.74) is 0.682. The average Bonchev–Trinajstić information content (AvgIpc) is 2.48. The van der Waals surface area contributed by atoms with Gasteiger partial charge in [-0.25, -0.2) is 4.79 Å². The predicted molar refractivity (Wildman–Crippen MR) is 71.0 cm³/mol. The van der Waals surface area contributed by atoms with Crippen molar-refractivity contribution in [3.63, 3.8) is 0 Å². The van der Waals surface area contributed by atoms with Gasteiger partial charge in [-0.2, -0.15) is 5.26 Å². The van der Waals surface area contributed by atoms with Crippen LogP contribution in [-0.2, 0) is 0 Å². The van der Waals surface area contributed by atoms with Crippen molar-refractivity contribution in [2.45, 2.75) is 6.04 Å². The first-order chi connectivity index (χ1) is 9.24. The Morgan fingerprint density at radius 1 is 1.53 bits per heavy atom. The van der Waals surface area contributed by atoms with Crippen molar-refractivity contribution in [1.82, 2.24) is 10.2 Å². The molecule has 0 saturated carbocycles. The van der Waals surface area contributed by atoms with E-state index < -0.39 is 6.04 Å². The summed E-state index contributed by atoms with van der Waals surface area (Å²) in [4.78, 5) is 13.6. The standard InChI is InChI=1S/C13H16N4O2/c1-19-12-4-2-10(3-5-12)16-13(18)17-7-6-15-9-11(17)8-14/h2-5,11,15H,6-7,9H2,1H3,(H,16,18). The summed E-state index contributed by atoms with van der Waals surface area (Å²) in [6.07, 6.45) is 0. The number of carbonyl (C=O) groups is 1. The highest BCUT2D eigenvalue weighted by molar-refractivity contribution is 5.89. The molecule has 1 atom stereocenters. The second kappa shape index (κ2) is 6.07. The van der Waals surface area contributed by atoms with Crippen LogP contribution >= 0.6 is 0 Å². The summed E-state index contributed by atoms with van der Waals surface area (Å²) in [5.74, 6) is 0.732. The minimum atomic E-state index is -0.424. The number of nitrogens with zero attached hydrogens (tertiary/aromatic N) is 2. The van der Waals surface area contributed by atoms with Gasteiger partial charge in [0.2, 0.25) is 0 Å². The maximum atomic E-state index is 12.1. The highest BCUT2D eigenvalue weighted by Gasteiger charge is 2.26. The summed E-state index contributed by atoms with van der Waals surface area (Å²) in [6.45, 7) is 1.74. The van der Waals surface area contributed by atoms with E-state index in [1.165, 1.54) is 0 Å². The van der Waals surface area contributed by atoms with E-state index >= 15 is 0 Å². The Labute approximate surface area is 112 Å². The molecule has 1 heterocycles. The van der Waals surface area contributed by atoms with Crippen molar-refractivity contribution in [3.8, 4) is 11.8 Å². The van der Waals surface area contributed by atoms with Crippen LogP contribution in [-0.4, -0.2) is 43.7 Å². The molecular formula is C13H16N4O2. The summed E-state index contributed by atoms with van der Waals surface area (Å²) < 4.78 is 5.05. The first-order valence-electron chi connectivity index (χ1n) is 6.06. The van der Waals surface area contributed by atoms with Crippen LogP contribution in [0.15, 0.2) is 24.3 Å². The molecule has 1 saturated heterocycles. The van der Waals surface area contributed by atoms with Gasteiger partial charge in [0.05, 0.1) is 13.2 Å². The van der Waals surface area contributed by atoms with Crippen LogP contribution in [0.1, 0.15) is 0 Å². The summed E-state index contributed by atoms with van der Waals surface area (Å²) in [7, 11) is 1.59. The second-order valence-electron chi connectivity index (χ2n) is 4.20. The Hall–Kier alpha value is -2.26. The number of urea groups is 1. The number of piperazine rings is 1. The third kappa shape index (κ3) is 3.14. The smallest absolute Gasteiger partial charge is 0.323 e. The molecule has 0 spiro atoms. The first kappa shape index (κ1) is 13.2. The number of nitriles is 1. The largest absolute Gasteiger partial charge is 0.497 e. The zero-order valence-electron chi connectivity index (χ0n) is 10.7. The summed E-state index contributed by atoms with van der Waals surface area (Å²) in [6, 6.07) is 8.52. The monoisotopic (exact) mass is 260 g/mol. The molecule has 6 heteroatoms. The zero-order valence-corrected chi connectivity index (χ0v) is 10.7. The van der Waals surface area contributed by atoms with Crippen molar-refractivity contribution in [1.29, 1.82) is 5.26 Å². The fourth-order valence-electron chi connectivity index (χ4n) is 1.93. The number of benzene rings is 1. The molecule has 19 heavy (non-hydrogen) atoms. The fraction of sp³-hybridized carbons (Fsp3) is 0.385. The molecule has 100 valence electrons. The molecule has 1 aromatic rings. The Balaban J connectivity index is 2.01. The number of rotatable bonds is 2. The number of anilines is 1. The van der Waals surface area contributed by atoms with Crippen LogP contribution < -0.4 is 15.4 Å². The highest BCUT2D eigenvalue weighted by Crippen LogP contribution is 2.16. The van der Waals surface area contributed by atoms with Crippen LogP contribution in [0.2, 0.25) is 0 Å². The van der Waals surface area contributed by atoms with E-state index in [2.05, 4.69) is 16.7 Å². The van der Waals surface area contributed by atoms with E-state index in [-0.39, 0.29) is 6.03 Å². The number of ether oxygens (including phenoxy) is 1. The Bertz CT molecular complexity index is 480. The molecule has 0 aromatic heterocycles. The van der Waals surface area contributed by atoms with Gasteiger partial charge in [0.25, 0.3) is 0 Å². The number of amides is 2. The fourth-order valence-corrected chi connectivity index (χ4v) is 1.93. The lowest BCUT2D eigenvalue weighted by Gasteiger charge is -2.31. The number of hydrogen-bond donors (Lipinski definition) is 2. The SMILES string of the molecule is COc1ccc(NC(=O)N2CCNCC2C#N)cc1. The number of nitrogens with one attached hydrogen (secondary N) is 2. The van der Waals surface area contributed by atoms with E-state index in [0.717, 1.165) is 5.75 Å². The normalized spacial score (nSPS) is 18.5. The molecule has 1 aromatic carbocycles. The molecule has 1 aliphatic heterocycles. The van der Waals surface area contributed by atoms with Gasteiger partial charge in [-0.05, 0) is 24.3 Å². The molecule has 1 fully saturated rings. The van der Waals surface area contributed by atoms with Gasteiger partial charge in [-0.15, -0.1) is 0 Å². The lowest BCUT2D eigenvalue weighted by atomic mass is 10.2. The molecule has 0 bridgehead atoms. The van der Waals surface area contributed by atoms with E-state index in [0.29, 0.717) is 25.3 Å². The quantitative estimate of drug-likeness (QED) is 0.832.